The molecule has 0 atom stereocenters. The largest absolute Gasteiger partial charge is 0.512 e. The molecular formula is C114H85Ir2N10O2S2+. The molecule has 0 saturated carbocycles. The number of allylic oxidation sites excluding steroid dienone is 2. The molecule has 1 N–H and O–H groups in total. The maximum absolute atomic E-state index is 10.0. The molecule has 4 aliphatic rings. The first-order valence-corrected chi connectivity index (χ1v) is 43.8. The molecule has 27 rings (SSSR count). The fourth-order valence-corrected chi connectivity index (χ4v) is 19.7. The fourth-order valence-electron chi connectivity index (χ4n) is 17.2. The number of aliphatic hydroxyl groups excluding tert-OH is 1. The van der Waals surface area contributed by atoms with Gasteiger partial charge in [-0.3, -0.25) is 9.78 Å². The van der Waals surface area contributed by atoms with Crippen molar-refractivity contribution >= 4 is 118 Å². The number of para-hydroxylation sites is 6. The molecule has 0 saturated heterocycles. The van der Waals surface area contributed by atoms with E-state index in [0.717, 1.165) is 81.8 Å². The number of carbonyl (C=O) groups is 1. The Labute approximate surface area is 798 Å². The summed E-state index contributed by atoms with van der Waals surface area (Å²) in [4.78, 5) is 28.0. The number of carbonyl (C=O) groups excluding carboxylic acids is 1. The second-order valence-electron chi connectivity index (χ2n) is 31.1. The summed E-state index contributed by atoms with van der Waals surface area (Å²) in [6.07, 6.45) is 10.5. The molecule has 23 aromatic rings. The molecule has 0 bridgehead atoms. The van der Waals surface area contributed by atoms with E-state index in [1.807, 2.05) is 163 Å². The van der Waals surface area contributed by atoms with E-state index in [1.54, 1.807) is 10.8 Å². The van der Waals surface area contributed by atoms with Gasteiger partial charge in [-0.15, -0.1) is 107 Å². The maximum atomic E-state index is 10.0. The van der Waals surface area contributed by atoms with Gasteiger partial charge in [0.15, 0.2) is 48.0 Å². The number of aromatic nitrogens is 10. The number of rotatable bonds is 5. The number of aliphatic hydroxyl groups is 1. The van der Waals surface area contributed by atoms with Crippen molar-refractivity contribution in [2.75, 3.05) is 0 Å². The van der Waals surface area contributed by atoms with E-state index in [-0.39, 0.29) is 112 Å². The maximum Gasteiger partial charge on any atom is 0.331 e. The smallest absolute Gasteiger partial charge is 0.331 e. The van der Waals surface area contributed by atoms with Crippen LogP contribution in [0.1, 0.15) is 51.4 Å². The number of thiophene rings is 2. The first-order valence-electron chi connectivity index (χ1n) is 45.7. The van der Waals surface area contributed by atoms with Gasteiger partial charge >= 0.3 is 5.82 Å². The molecule has 0 spiro atoms. The summed E-state index contributed by atoms with van der Waals surface area (Å²) in [5.41, 5.74) is 23.9. The van der Waals surface area contributed by atoms with E-state index in [1.165, 1.54) is 138 Å². The third-order valence-corrected chi connectivity index (χ3v) is 25.2. The number of imidazole rings is 2. The van der Waals surface area contributed by atoms with Gasteiger partial charge in [0, 0.05) is 159 Å². The quantitative estimate of drug-likeness (QED) is 0.0604. The predicted molar refractivity (Wildman–Crippen MR) is 520 cm³/mol. The summed E-state index contributed by atoms with van der Waals surface area (Å²) in [7, 11) is 0. The molecule has 0 unspecified atom stereocenters. The van der Waals surface area contributed by atoms with E-state index in [9.17, 15) is 4.79 Å². The summed E-state index contributed by atoms with van der Waals surface area (Å²) in [6.45, 7) is 8.00. The Kier molecular flexibility index (Phi) is 23.3. The number of pyridine rings is 5. The van der Waals surface area contributed by atoms with Crippen LogP contribution >= 0.6 is 22.7 Å². The summed E-state index contributed by atoms with van der Waals surface area (Å²) in [5, 5.41) is 17.9. The van der Waals surface area contributed by atoms with Crippen LogP contribution in [-0.4, -0.2) is 39.8 Å². The minimum atomic E-state index is -0.344. The summed E-state index contributed by atoms with van der Waals surface area (Å²) >= 11 is 3.73. The molecule has 632 valence electrons. The van der Waals surface area contributed by atoms with Gasteiger partial charge in [0.1, 0.15) is 18.6 Å². The van der Waals surface area contributed by atoms with Gasteiger partial charge in [0.05, 0.1) is 60.5 Å². The van der Waals surface area contributed by atoms with Crippen LogP contribution in [0.15, 0.2) is 413 Å². The normalized spacial score (nSPS) is 12.4. The molecule has 4 aliphatic heterocycles. The van der Waals surface area contributed by atoms with Crippen LogP contribution < -0.4 is 18.3 Å². The molecule has 16 heteroatoms. The minimum Gasteiger partial charge on any atom is -0.512 e. The molecule has 130 heavy (non-hydrogen) atoms. The van der Waals surface area contributed by atoms with Crippen molar-refractivity contribution in [2.24, 2.45) is 0 Å². The number of aryl methyl sites for hydroxylation is 1. The number of fused-ring (bicyclic) bond motifs is 23. The standard InChI is InChI=1S/C20H13N2.C19H13N2.C18H12NS.C17H10NS.C12H11N2.C12H10N.C11H8N.C5H8O2.2Ir/c1-2-9-16-14(7-1)15-8-5-6-13-12-21-17-10-3-4-11-18(17)22(16)20(21)19(13)15;1-3-9-15(10-4-1)19-20-17-13-7-8-14-18(17)21(19)16-11-5-2-6-12-16;1-2-7-16-13(5-1)14-9-8-12-11-19-10-4-3-6-15(19)17(12)18(14)20-16;1-2-10-16-12(6-1)13-7-5-8-14(17(13)19-16)15-9-3-4-11-18-15;1-9-6-7-14-8-10-4-2-3-5-11(10)12(14)13-9;1-2-6-11-10(5-1)9-13-8-4-3-7-12(11)13;1-2-6-10(7-3-1)11-8-4-5-9-12-11;1-4(6)3-5(2)7;;/h1-11H,12H2;1-9,11-14H;1-10H,11H2;1-7,9-11H;2-7H,8H2,1H3;1-8H,9H2;1-6,8-9H;3,6H,1-2H3;;/q+1;-1;+1;-1;2*+1;-1;;;/i;;;;;1D,2D,3D,4D,5D,6D,7D;;;;. The van der Waals surface area contributed by atoms with Crippen LogP contribution in [-0.2, 0) is 71.2 Å². The molecule has 14 heterocycles. The number of ketones is 1. The van der Waals surface area contributed by atoms with Crippen LogP contribution in [0.4, 0.5) is 0 Å². The monoisotopic (exact) mass is 2080 g/mol. The van der Waals surface area contributed by atoms with E-state index in [2.05, 4.69) is 268 Å². The van der Waals surface area contributed by atoms with Gasteiger partial charge in [-0.05, 0) is 131 Å². The number of hydrogen-bond donors (Lipinski definition) is 1. The third kappa shape index (κ3) is 17.5. The second kappa shape index (κ2) is 38.9. The Bertz CT molecular complexity index is 8530. The van der Waals surface area contributed by atoms with Gasteiger partial charge < -0.3 is 19.6 Å². The molecule has 0 amide bonds. The third-order valence-electron chi connectivity index (χ3n) is 22.8. The van der Waals surface area contributed by atoms with E-state index in [4.69, 9.17) is 19.7 Å². The van der Waals surface area contributed by atoms with Crippen molar-refractivity contribution in [1.82, 2.24) is 28.9 Å². The molecular weight excluding hydrogens is 1990 g/mol. The first-order chi connectivity index (χ1) is 66.0. The van der Waals surface area contributed by atoms with E-state index < -0.39 is 0 Å². The Morgan fingerprint density at radius 2 is 1.06 bits per heavy atom. The van der Waals surface area contributed by atoms with Crippen LogP contribution in [0, 0.1) is 25.1 Å². The predicted octanol–water partition coefficient (Wildman–Crippen LogP) is 25.1. The van der Waals surface area contributed by atoms with Gasteiger partial charge in [-0.25, -0.2) is 9.13 Å². The molecule has 12 nitrogen and oxygen atoms in total. The van der Waals surface area contributed by atoms with Crippen molar-refractivity contribution in [3.05, 3.63) is 459 Å². The summed E-state index contributed by atoms with van der Waals surface area (Å²) in [6, 6.07) is 122. The molecule has 2 radical (unpaired) electrons. The van der Waals surface area contributed by atoms with E-state index in [0.29, 0.717) is 5.56 Å². The van der Waals surface area contributed by atoms with Crippen LogP contribution in [0.5, 0.6) is 0 Å². The second-order valence-corrected chi connectivity index (χ2v) is 33.2. The number of hydrogen-bond acceptors (Lipinski definition) is 8. The SMILES string of the molecule is CC(=O)C=C(C)O.Cc1cc[n+]2c(n1)-c1ccccc1C2.[2H]c1c[n+]2c(c([2H])c1[2H])-c1c([2H])c([2H])c([2H])c([2H])c1C2.[Ir].[Ir].[c-]1ccc2c(sc3ccccc32)c1-c1ccccn1.[c-]1ccccc1-c1ccccn1.[c-]1ccccc1-c1nc2ccccc2n1-c1ccccc1.c1cc2c3c(c1)c1ccccc1n1c4ccccc4[n+](c31)C2.c1cc[n+]2c(c1)-c1c(ccc3c1sc1ccccc13)C2. The number of benzene rings is 13. The zero-order valence-electron chi connectivity index (χ0n) is 77.8. The first kappa shape index (κ1) is 77.7. The molecule has 0 aliphatic carbocycles. The van der Waals surface area contributed by atoms with Crippen molar-refractivity contribution < 1.29 is 78.0 Å². The Balaban J connectivity index is 0.000000105. The number of nitrogens with zero attached hydrogens (tertiary/aromatic N) is 10. The summed E-state index contributed by atoms with van der Waals surface area (Å²) < 4.78 is 73.1. The fraction of sp³-hybridized carbons (Fsp3) is 0.0614. The molecule has 13 aromatic carbocycles. The zero-order valence-corrected chi connectivity index (χ0v) is 77.2. The molecule has 10 aromatic heterocycles. The van der Waals surface area contributed by atoms with Crippen molar-refractivity contribution in [3.63, 3.8) is 0 Å². The van der Waals surface area contributed by atoms with Gasteiger partial charge in [0.2, 0.25) is 11.4 Å². The zero-order chi connectivity index (χ0) is 92.5. The Morgan fingerprint density at radius 1 is 0.446 bits per heavy atom. The van der Waals surface area contributed by atoms with E-state index >= 15 is 0 Å². The summed E-state index contributed by atoms with van der Waals surface area (Å²) in [5.74, 6) is 1.95. The molecule has 0 fully saturated rings. The van der Waals surface area contributed by atoms with Crippen LogP contribution in [0.2, 0.25) is 0 Å². The van der Waals surface area contributed by atoms with Gasteiger partial charge in [-0.2, -0.15) is 24.9 Å². The Morgan fingerprint density at radius 3 is 1.81 bits per heavy atom. The topological polar surface area (TPSA) is 114 Å². The van der Waals surface area contributed by atoms with Crippen molar-refractivity contribution in [2.45, 2.75) is 47.0 Å². The van der Waals surface area contributed by atoms with Crippen molar-refractivity contribution in [1.29, 1.82) is 0 Å². The van der Waals surface area contributed by atoms with Gasteiger partial charge in [0.25, 0.3) is 5.65 Å². The van der Waals surface area contributed by atoms with Crippen LogP contribution in [0.25, 0.3) is 163 Å². The van der Waals surface area contributed by atoms with Gasteiger partial charge in [-0.1, -0.05) is 193 Å². The Hall–Kier alpha value is -14.6. The van der Waals surface area contributed by atoms with Crippen LogP contribution in [0.3, 0.4) is 0 Å². The average molecular weight is 2080 g/mol. The van der Waals surface area contributed by atoms with Crippen molar-refractivity contribution in [3.8, 4) is 73.5 Å². The average Bonchev–Trinajstić information content (AvgIpc) is 1.53. The minimum absolute atomic E-state index is 0.